The molecule has 1 atom stereocenters. The Bertz CT molecular complexity index is 596. The number of aliphatic hydroxyl groups is 1. The van der Waals surface area contributed by atoms with Crippen LogP contribution in [0.1, 0.15) is 28.7 Å². The fourth-order valence-corrected chi connectivity index (χ4v) is 2.97. The Morgan fingerprint density at radius 1 is 1.38 bits per heavy atom. The topological polar surface area (TPSA) is 62.2 Å². The number of carbonyl (C=O) groups excluding carboxylic acids is 1. The fourth-order valence-electron chi connectivity index (χ4n) is 1.98. The van der Waals surface area contributed by atoms with E-state index in [2.05, 4.69) is 10.3 Å². The average molecular weight is 304 g/mol. The van der Waals surface area contributed by atoms with Crippen molar-refractivity contribution in [1.29, 1.82) is 0 Å². The number of hydrogen-bond donors (Lipinski definition) is 2. The van der Waals surface area contributed by atoms with Gasteiger partial charge in [0.05, 0.1) is 5.69 Å². The lowest BCUT2D eigenvalue weighted by molar-refractivity contribution is 0.0948. The lowest BCUT2D eigenvalue weighted by Crippen LogP contribution is -2.28. The largest absolute Gasteiger partial charge is 0.396 e. The van der Waals surface area contributed by atoms with Gasteiger partial charge in [0.15, 0.2) is 0 Å². The minimum Gasteiger partial charge on any atom is -0.396 e. The summed E-state index contributed by atoms with van der Waals surface area (Å²) in [7, 11) is 0. The number of aryl methyl sites for hydroxylation is 1. The molecule has 5 heteroatoms. The molecule has 112 valence electrons. The molecule has 0 saturated carbocycles. The molecule has 21 heavy (non-hydrogen) atoms. The number of nitrogens with zero attached hydrogens (tertiary/aromatic N) is 1. The number of aliphatic hydroxyl groups excluding tert-OH is 1. The van der Waals surface area contributed by atoms with E-state index in [1.54, 1.807) is 0 Å². The van der Waals surface area contributed by atoms with Gasteiger partial charge in [-0.1, -0.05) is 37.3 Å². The van der Waals surface area contributed by atoms with Gasteiger partial charge < -0.3 is 10.4 Å². The molecule has 0 aliphatic carbocycles. The van der Waals surface area contributed by atoms with E-state index in [9.17, 15) is 4.79 Å². The first-order valence-corrected chi connectivity index (χ1v) is 7.85. The maximum Gasteiger partial charge on any atom is 0.263 e. The van der Waals surface area contributed by atoms with Crippen LogP contribution in [-0.2, 0) is 0 Å². The summed E-state index contributed by atoms with van der Waals surface area (Å²) in [5, 5.41) is 12.6. The second-order valence-corrected chi connectivity index (χ2v) is 6.13. The quantitative estimate of drug-likeness (QED) is 0.862. The Kier molecular flexibility index (Phi) is 5.47. The highest BCUT2D eigenvalue weighted by atomic mass is 32.1. The van der Waals surface area contributed by atoms with Gasteiger partial charge >= 0.3 is 0 Å². The molecule has 0 spiro atoms. The Balaban J connectivity index is 2.07. The molecule has 1 aromatic heterocycles. The summed E-state index contributed by atoms with van der Waals surface area (Å²) in [6, 6.07) is 9.86. The first kappa shape index (κ1) is 15.7. The summed E-state index contributed by atoms with van der Waals surface area (Å²) in [6.07, 6.45) is 0.692. The Morgan fingerprint density at radius 2 is 2.10 bits per heavy atom. The van der Waals surface area contributed by atoms with Crippen LogP contribution in [0, 0.1) is 12.8 Å². The Hall–Kier alpha value is -1.72. The van der Waals surface area contributed by atoms with Crippen molar-refractivity contribution in [2.45, 2.75) is 20.3 Å². The van der Waals surface area contributed by atoms with Crippen molar-refractivity contribution in [2.24, 2.45) is 5.92 Å². The van der Waals surface area contributed by atoms with E-state index < -0.39 is 0 Å². The maximum absolute atomic E-state index is 12.2. The Morgan fingerprint density at radius 3 is 2.76 bits per heavy atom. The van der Waals surface area contributed by atoms with Crippen molar-refractivity contribution < 1.29 is 9.90 Å². The summed E-state index contributed by atoms with van der Waals surface area (Å²) in [5.41, 5.74) is 1.78. The van der Waals surface area contributed by atoms with Crippen molar-refractivity contribution in [2.75, 3.05) is 13.2 Å². The molecule has 4 nitrogen and oxygen atoms in total. The second kappa shape index (κ2) is 7.33. The van der Waals surface area contributed by atoms with Gasteiger partial charge in [-0.05, 0) is 19.3 Å². The Labute approximate surface area is 128 Å². The van der Waals surface area contributed by atoms with E-state index in [0.717, 1.165) is 16.3 Å². The number of nitrogens with one attached hydrogen (secondary N) is 1. The number of hydrogen-bond acceptors (Lipinski definition) is 4. The lowest BCUT2D eigenvalue weighted by atomic mass is 10.1. The molecular formula is C16H20N2O2S. The van der Waals surface area contributed by atoms with E-state index in [4.69, 9.17) is 5.11 Å². The van der Waals surface area contributed by atoms with Crippen LogP contribution in [0.2, 0.25) is 0 Å². The van der Waals surface area contributed by atoms with Gasteiger partial charge in [-0.2, -0.15) is 0 Å². The number of benzene rings is 1. The third-order valence-electron chi connectivity index (χ3n) is 3.26. The first-order valence-electron chi connectivity index (χ1n) is 7.03. The van der Waals surface area contributed by atoms with Crippen LogP contribution in [0.4, 0.5) is 0 Å². The molecule has 1 amide bonds. The third kappa shape index (κ3) is 4.12. The van der Waals surface area contributed by atoms with Crippen LogP contribution in [0.3, 0.4) is 0 Å². The van der Waals surface area contributed by atoms with Gasteiger partial charge in [-0.15, -0.1) is 11.3 Å². The molecule has 0 aliphatic rings. The van der Waals surface area contributed by atoms with Crippen molar-refractivity contribution in [3.63, 3.8) is 0 Å². The number of thiazole rings is 1. The van der Waals surface area contributed by atoms with E-state index in [1.807, 2.05) is 44.2 Å². The number of carbonyl (C=O) groups is 1. The highest BCUT2D eigenvalue weighted by molar-refractivity contribution is 7.17. The smallest absolute Gasteiger partial charge is 0.263 e. The summed E-state index contributed by atoms with van der Waals surface area (Å²) in [4.78, 5) is 17.4. The molecule has 2 aromatic rings. The minimum atomic E-state index is -0.0861. The van der Waals surface area contributed by atoms with Crippen LogP contribution in [0.5, 0.6) is 0 Å². The van der Waals surface area contributed by atoms with Crippen molar-refractivity contribution >= 4 is 17.2 Å². The van der Waals surface area contributed by atoms with Crippen molar-refractivity contribution in [3.05, 3.63) is 40.9 Å². The average Bonchev–Trinajstić information content (AvgIpc) is 2.88. The molecule has 1 aromatic carbocycles. The minimum absolute atomic E-state index is 0.0861. The van der Waals surface area contributed by atoms with Crippen LogP contribution in [0.25, 0.3) is 10.6 Å². The van der Waals surface area contributed by atoms with Gasteiger partial charge in [0.2, 0.25) is 0 Å². The molecule has 0 bridgehead atoms. The number of aromatic nitrogens is 1. The highest BCUT2D eigenvalue weighted by Crippen LogP contribution is 2.27. The molecule has 0 saturated heterocycles. The van der Waals surface area contributed by atoms with Crippen LogP contribution in [0.15, 0.2) is 30.3 Å². The monoisotopic (exact) mass is 304 g/mol. The van der Waals surface area contributed by atoms with E-state index in [-0.39, 0.29) is 18.4 Å². The van der Waals surface area contributed by atoms with E-state index in [1.165, 1.54) is 11.3 Å². The zero-order chi connectivity index (χ0) is 15.2. The molecular weight excluding hydrogens is 284 g/mol. The first-order chi connectivity index (χ1) is 10.1. The predicted molar refractivity (Wildman–Crippen MR) is 85.5 cm³/mol. The van der Waals surface area contributed by atoms with Gasteiger partial charge in [-0.25, -0.2) is 4.98 Å². The summed E-state index contributed by atoms with van der Waals surface area (Å²) in [5.74, 6) is 0.178. The van der Waals surface area contributed by atoms with Crippen LogP contribution in [-0.4, -0.2) is 29.1 Å². The fraction of sp³-hybridized carbons (Fsp3) is 0.375. The molecule has 0 fully saturated rings. The van der Waals surface area contributed by atoms with Crippen molar-refractivity contribution in [1.82, 2.24) is 10.3 Å². The summed E-state index contributed by atoms with van der Waals surface area (Å²) >= 11 is 1.41. The zero-order valence-corrected chi connectivity index (χ0v) is 13.1. The lowest BCUT2D eigenvalue weighted by Gasteiger charge is -2.10. The molecule has 1 unspecified atom stereocenters. The molecule has 0 radical (unpaired) electrons. The standard InChI is InChI=1S/C16H20N2O2S/c1-11(8-9-19)10-17-15(20)14-12(2)18-16(21-14)13-6-4-3-5-7-13/h3-7,11,19H,8-10H2,1-2H3,(H,17,20). The van der Waals surface area contributed by atoms with E-state index >= 15 is 0 Å². The van der Waals surface area contributed by atoms with Crippen LogP contribution >= 0.6 is 11.3 Å². The molecule has 2 rings (SSSR count). The van der Waals surface area contributed by atoms with Gasteiger partial charge in [0.25, 0.3) is 5.91 Å². The molecule has 2 N–H and O–H groups in total. The number of rotatable bonds is 6. The zero-order valence-electron chi connectivity index (χ0n) is 12.3. The summed E-state index contributed by atoms with van der Waals surface area (Å²) in [6.45, 7) is 4.58. The number of amides is 1. The van der Waals surface area contributed by atoms with E-state index in [0.29, 0.717) is 17.8 Å². The molecule has 0 aliphatic heterocycles. The molecule has 1 heterocycles. The van der Waals surface area contributed by atoms with Crippen molar-refractivity contribution in [3.8, 4) is 10.6 Å². The van der Waals surface area contributed by atoms with Crippen LogP contribution < -0.4 is 5.32 Å². The highest BCUT2D eigenvalue weighted by Gasteiger charge is 2.16. The third-order valence-corrected chi connectivity index (χ3v) is 4.46. The van der Waals surface area contributed by atoms with Gasteiger partial charge in [0, 0.05) is 18.7 Å². The van der Waals surface area contributed by atoms with Gasteiger partial charge in [0.1, 0.15) is 9.88 Å². The maximum atomic E-state index is 12.2. The second-order valence-electron chi connectivity index (χ2n) is 5.13. The SMILES string of the molecule is Cc1nc(-c2ccccc2)sc1C(=O)NCC(C)CCO. The van der Waals surface area contributed by atoms with Gasteiger partial charge in [-0.3, -0.25) is 4.79 Å². The predicted octanol–water partition coefficient (Wildman–Crippen LogP) is 2.87. The normalized spacial score (nSPS) is 12.1. The summed E-state index contributed by atoms with van der Waals surface area (Å²) < 4.78 is 0.